The van der Waals surface area contributed by atoms with Crippen LogP contribution in [0, 0.1) is 0 Å². The number of hydrogen-bond acceptors (Lipinski definition) is 4. The van der Waals surface area contributed by atoms with Crippen LogP contribution in [0.3, 0.4) is 0 Å². The quantitative estimate of drug-likeness (QED) is 0.648. The van der Waals surface area contributed by atoms with Gasteiger partial charge in [-0.25, -0.2) is 4.79 Å². The second kappa shape index (κ2) is 7.81. The van der Waals surface area contributed by atoms with Crippen molar-refractivity contribution in [1.82, 2.24) is 0 Å². The molecule has 0 aliphatic heterocycles. The Balaban J connectivity index is 2.01. The van der Waals surface area contributed by atoms with Gasteiger partial charge >= 0.3 is 12.1 Å². The first-order valence-corrected chi connectivity index (χ1v) is 7.45. The molecule has 26 heavy (non-hydrogen) atoms. The molecule has 1 amide bonds. The molecule has 2 aromatic rings. The molecule has 0 aliphatic rings. The average molecular weight is 365 g/mol. The Morgan fingerprint density at radius 2 is 1.77 bits per heavy atom. The number of carbonyl (C=O) groups is 3. The molecular formula is C18H14F3NO4. The summed E-state index contributed by atoms with van der Waals surface area (Å²) in [5.74, 6) is -1.57. The predicted octanol–water partition coefficient (Wildman–Crippen LogP) is 3.70. The molecule has 5 nitrogen and oxygen atoms in total. The number of aldehydes is 1. The summed E-state index contributed by atoms with van der Waals surface area (Å²) in [5, 5.41) is 2.27. The number of ether oxygens (including phenoxy) is 1. The topological polar surface area (TPSA) is 72.5 Å². The van der Waals surface area contributed by atoms with Crippen LogP contribution in [-0.4, -0.2) is 24.3 Å². The van der Waals surface area contributed by atoms with Crippen molar-refractivity contribution >= 4 is 23.9 Å². The number of nitrogens with one attached hydrogen (secondary N) is 1. The molecular weight excluding hydrogens is 351 g/mol. The van der Waals surface area contributed by atoms with Gasteiger partial charge in [0, 0.05) is 11.3 Å². The highest BCUT2D eigenvalue weighted by atomic mass is 19.4. The minimum absolute atomic E-state index is 0.0666. The van der Waals surface area contributed by atoms with E-state index in [9.17, 15) is 27.6 Å². The lowest BCUT2D eigenvalue weighted by Crippen LogP contribution is -2.30. The summed E-state index contributed by atoms with van der Waals surface area (Å²) in [6, 6.07) is 9.66. The first-order valence-electron chi connectivity index (χ1n) is 7.45. The largest absolute Gasteiger partial charge is 0.449 e. The van der Waals surface area contributed by atoms with E-state index in [2.05, 4.69) is 5.32 Å². The Kier molecular flexibility index (Phi) is 5.76. The van der Waals surface area contributed by atoms with Crippen molar-refractivity contribution in [3.05, 3.63) is 65.2 Å². The zero-order chi connectivity index (χ0) is 19.3. The molecule has 0 saturated carbocycles. The third kappa shape index (κ3) is 4.92. The van der Waals surface area contributed by atoms with Crippen molar-refractivity contribution < 1.29 is 32.3 Å². The molecule has 0 bridgehead atoms. The average Bonchev–Trinajstić information content (AvgIpc) is 2.61. The van der Waals surface area contributed by atoms with E-state index in [1.165, 1.54) is 37.3 Å². The van der Waals surface area contributed by atoms with Gasteiger partial charge in [-0.1, -0.05) is 18.2 Å². The normalized spacial score (nSPS) is 12.2. The fourth-order valence-corrected chi connectivity index (χ4v) is 2.00. The highest BCUT2D eigenvalue weighted by Gasteiger charge is 2.30. The van der Waals surface area contributed by atoms with Gasteiger partial charge < -0.3 is 10.1 Å². The summed E-state index contributed by atoms with van der Waals surface area (Å²) >= 11 is 0. The number of alkyl halides is 3. The van der Waals surface area contributed by atoms with E-state index < -0.39 is 29.7 Å². The maximum absolute atomic E-state index is 12.7. The molecule has 8 heteroatoms. The molecule has 136 valence electrons. The van der Waals surface area contributed by atoms with Crippen LogP contribution < -0.4 is 5.32 Å². The minimum Gasteiger partial charge on any atom is -0.449 e. The van der Waals surface area contributed by atoms with E-state index in [0.29, 0.717) is 11.8 Å². The first kappa shape index (κ1) is 19.2. The van der Waals surface area contributed by atoms with Crippen molar-refractivity contribution in [3.63, 3.8) is 0 Å². The third-order valence-corrected chi connectivity index (χ3v) is 3.39. The minimum atomic E-state index is -4.54. The van der Waals surface area contributed by atoms with Gasteiger partial charge in [-0.15, -0.1) is 0 Å². The van der Waals surface area contributed by atoms with E-state index in [1.807, 2.05) is 0 Å². The second-order valence-electron chi connectivity index (χ2n) is 5.36. The van der Waals surface area contributed by atoms with Gasteiger partial charge in [0.25, 0.3) is 5.91 Å². The fraction of sp³-hybridized carbons (Fsp3) is 0.167. The van der Waals surface area contributed by atoms with E-state index in [1.54, 1.807) is 0 Å². The van der Waals surface area contributed by atoms with Crippen LogP contribution in [0.1, 0.15) is 33.2 Å². The molecule has 0 spiro atoms. The number of benzene rings is 2. The van der Waals surface area contributed by atoms with Crippen molar-refractivity contribution in [2.45, 2.75) is 19.2 Å². The zero-order valence-corrected chi connectivity index (χ0v) is 13.5. The van der Waals surface area contributed by atoms with E-state index >= 15 is 0 Å². The molecule has 0 fully saturated rings. The number of rotatable bonds is 5. The summed E-state index contributed by atoms with van der Waals surface area (Å²) in [6.45, 7) is 1.29. The van der Waals surface area contributed by atoms with E-state index in [-0.39, 0.29) is 11.3 Å². The number of amides is 1. The SMILES string of the molecule is CC(OC(=O)c1ccc(C=O)cc1)C(=O)Nc1cccc(C(F)(F)F)c1. The summed E-state index contributed by atoms with van der Waals surface area (Å²) in [6.07, 6.45) is -5.16. The predicted molar refractivity (Wildman–Crippen MR) is 86.8 cm³/mol. The lowest BCUT2D eigenvalue weighted by Gasteiger charge is -2.14. The molecule has 0 saturated heterocycles. The van der Waals surface area contributed by atoms with Gasteiger partial charge in [-0.2, -0.15) is 13.2 Å². The molecule has 0 radical (unpaired) electrons. The molecule has 2 aromatic carbocycles. The third-order valence-electron chi connectivity index (χ3n) is 3.39. The monoisotopic (exact) mass is 365 g/mol. The zero-order valence-electron chi connectivity index (χ0n) is 13.5. The number of carbonyl (C=O) groups excluding carboxylic acids is 3. The molecule has 0 heterocycles. The van der Waals surface area contributed by atoms with Gasteiger partial charge in [0.05, 0.1) is 11.1 Å². The second-order valence-corrected chi connectivity index (χ2v) is 5.36. The fourth-order valence-electron chi connectivity index (χ4n) is 2.00. The smallest absolute Gasteiger partial charge is 0.416 e. The highest BCUT2D eigenvalue weighted by molar-refractivity contribution is 5.97. The summed E-state index contributed by atoms with van der Waals surface area (Å²) in [5.41, 5.74) is -0.468. The molecule has 2 rings (SSSR count). The van der Waals surface area contributed by atoms with Crippen molar-refractivity contribution in [2.24, 2.45) is 0 Å². The molecule has 1 unspecified atom stereocenters. The Bertz CT molecular complexity index is 816. The van der Waals surface area contributed by atoms with Gasteiger partial charge in [0.2, 0.25) is 0 Å². The van der Waals surface area contributed by atoms with Crippen LogP contribution in [-0.2, 0) is 15.7 Å². The van der Waals surface area contributed by atoms with E-state index in [0.717, 1.165) is 18.2 Å². The standard InChI is InChI=1S/C18H14F3NO4/c1-11(26-17(25)13-7-5-12(10-23)6-8-13)16(24)22-15-4-2-3-14(9-15)18(19,20)21/h2-11H,1H3,(H,22,24). The molecule has 0 aliphatic carbocycles. The van der Waals surface area contributed by atoms with Crippen molar-refractivity contribution in [2.75, 3.05) is 5.32 Å². The van der Waals surface area contributed by atoms with Crippen LogP contribution in [0.15, 0.2) is 48.5 Å². The van der Waals surface area contributed by atoms with Crippen molar-refractivity contribution in [3.8, 4) is 0 Å². The lowest BCUT2D eigenvalue weighted by atomic mass is 10.1. The Labute approximate surface area is 146 Å². The number of anilines is 1. The molecule has 1 N–H and O–H groups in total. The summed E-state index contributed by atoms with van der Waals surface area (Å²) in [7, 11) is 0. The summed E-state index contributed by atoms with van der Waals surface area (Å²) < 4.78 is 43.0. The lowest BCUT2D eigenvalue weighted by molar-refractivity contribution is -0.137. The maximum atomic E-state index is 12.7. The van der Waals surface area contributed by atoms with Crippen LogP contribution in [0.25, 0.3) is 0 Å². The molecule has 0 aromatic heterocycles. The van der Waals surface area contributed by atoms with Gasteiger partial charge in [0.1, 0.15) is 6.29 Å². The van der Waals surface area contributed by atoms with Crippen LogP contribution in [0.2, 0.25) is 0 Å². The number of halogens is 3. The Morgan fingerprint density at radius 3 is 2.35 bits per heavy atom. The summed E-state index contributed by atoms with van der Waals surface area (Å²) in [4.78, 5) is 34.6. The Morgan fingerprint density at radius 1 is 1.12 bits per heavy atom. The van der Waals surface area contributed by atoms with Crippen LogP contribution in [0.5, 0.6) is 0 Å². The Hall–Kier alpha value is -3.16. The van der Waals surface area contributed by atoms with Gasteiger partial charge in [-0.05, 0) is 37.3 Å². The van der Waals surface area contributed by atoms with Crippen molar-refractivity contribution in [1.29, 1.82) is 0 Å². The van der Waals surface area contributed by atoms with E-state index in [4.69, 9.17) is 4.74 Å². The van der Waals surface area contributed by atoms with Gasteiger partial charge in [0.15, 0.2) is 6.10 Å². The highest BCUT2D eigenvalue weighted by Crippen LogP contribution is 2.30. The molecule has 1 atom stereocenters. The number of esters is 1. The van der Waals surface area contributed by atoms with Crippen LogP contribution in [0.4, 0.5) is 18.9 Å². The first-order chi connectivity index (χ1) is 12.2. The van der Waals surface area contributed by atoms with Gasteiger partial charge in [-0.3, -0.25) is 9.59 Å². The van der Waals surface area contributed by atoms with Crippen LogP contribution >= 0.6 is 0 Å². The number of hydrogen-bond donors (Lipinski definition) is 1. The maximum Gasteiger partial charge on any atom is 0.416 e.